The quantitative estimate of drug-likeness (QED) is 0.782. The molecule has 1 rings (SSSR count). The molecule has 0 aliphatic heterocycles. The maximum Gasteiger partial charge on any atom is 0.120 e. The van der Waals surface area contributed by atoms with Crippen LogP contribution in [0.15, 0.2) is 23.1 Å². The Bertz CT molecular complexity index is 446. The Kier molecular flexibility index (Phi) is 5.82. The normalized spacial score (nSPS) is 13.3. The number of methoxy groups -OCH3 is 1. The van der Waals surface area contributed by atoms with Crippen molar-refractivity contribution in [1.29, 1.82) is 0 Å². The van der Waals surface area contributed by atoms with Crippen molar-refractivity contribution in [3.8, 4) is 5.75 Å². The second-order valence-electron chi connectivity index (χ2n) is 4.90. The molecular weight excluding hydrogens is 262 g/mol. The van der Waals surface area contributed by atoms with Gasteiger partial charge in [0.2, 0.25) is 0 Å². The molecule has 4 nitrogen and oxygen atoms in total. The number of benzene rings is 1. The summed E-state index contributed by atoms with van der Waals surface area (Å²) < 4.78 is 23.0. The lowest BCUT2D eigenvalue weighted by molar-refractivity contribution is 0.0205. The first kappa shape index (κ1) is 16.0. The molecule has 0 aliphatic carbocycles. The Labute approximate surface area is 117 Å². The summed E-state index contributed by atoms with van der Waals surface area (Å²) in [5.74, 6) is 1.21. The van der Waals surface area contributed by atoms with Gasteiger partial charge in [0.05, 0.1) is 27.9 Å². The van der Waals surface area contributed by atoms with Crippen LogP contribution in [0.1, 0.15) is 27.2 Å². The van der Waals surface area contributed by atoms with E-state index in [0.29, 0.717) is 35.1 Å². The van der Waals surface area contributed by atoms with Crippen molar-refractivity contribution in [2.45, 2.75) is 37.7 Å². The number of nitrogen functional groups attached to an aromatic ring is 1. The van der Waals surface area contributed by atoms with Gasteiger partial charge in [-0.25, -0.2) is 0 Å². The van der Waals surface area contributed by atoms with E-state index in [4.69, 9.17) is 15.2 Å². The van der Waals surface area contributed by atoms with Gasteiger partial charge in [-0.3, -0.25) is 4.21 Å². The van der Waals surface area contributed by atoms with E-state index in [1.165, 1.54) is 0 Å². The zero-order valence-corrected chi connectivity index (χ0v) is 12.9. The third kappa shape index (κ3) is 4.84. The van der Waals surface area contributed by atoms with Crippen molar-refractivity contribution < 1.29 is 13.7 Å². The molecule has 1 aromatic rings. The van der Waals surface area contributed by atoms with Gasteiger partial charge >= 0.3 is 0 Å². The second-order valence-corrected chi connectivity index (χ2v) is 6.44. The number of hydrogen-bond donors (Lipinski definition) is 1. The molecule has 0 heterocycles. The van der Waals surface area contributed by atoms with E-state index < -0.39 is 10.8 Å². The van der Waals surface area contributed by atoms with E-state index >= 15 is 0 Å². The van der Waals surface area contributed by atoms with Gasteiger partial charge in [-0.15, -0.1) is 0 Å². The average molecular weight is 285 g/mol. The molecule has 0 aliphatic rings. The van der Waals surface area contributed by atoms with Crippen LogP contribution in [0.3, 0.4) is 0 Å². The Morgan fingerprint density at radius 1 is 1.37 bits per heavy atom. The summed E-state index contributed by atoms with van der Waals surface area (Å²) in [6.45, 7) is 6.44. The van der Waals surface area contributed by atoms with Gasteiger partial charge in [0.15, 0.2) is 0 Å². The number of rotatable bonds is 7. The smallest absolute Gasteiger partial charge is 0.120 e. The molecule has 0 radical (unpaired) electrons. The molecule has 0 spiro atoms. The van der Waals surface area contributed by atoms with Crippen molar-refractivity contribution in [2.75, 3.05) is 25.2 Å². The van der Waals surface area contributed by atoms with Gasteiger partial charge < -0.3 is 15.2 Å². The summed E-state index contributed by atoms with van der Waals surface area (Å²) in [6.07, 6.45) is 0.703. The van der Waals surface area contributed by atoms with Gasteiger partial charge in [0.25, 0.3) is 0 Å². The van der Waals surface area contributed by atoms with Crippen molar-refractivity contribution in [2.24, 2.45) is 0 Å². The summed E-state index contributed by atoms with van der Waals surface area (Å²) in [6, 6.07) is 5.28. The largest absolute Gasteiger partial charge is 0.494 e. The van der Waals surface area contributed by atoms with Gasteiger partial charge in [-0.05, 0) is 45.4 Å². The van der Waals surface area contributed by atoms with Crippen LogP contribution in [0.5, 0.6) is 5.75 Å². The predicted octanol–water partition coefficient (Wildman–Crippen LogP) is 2.59. The molecule has 0 saturated heterocycles. The summed E-state index contributed by atoms with van der Waals surface area (Å²) >= 11 is 0. The SMILES string of the molecule is CCOc1ccc(N)c(S(=O)CCC(C)(C)OC)c1. The molecule has 1 unspecified atom stereocenters. The fourth-order valence-electron chi connectivity index (χ4n) is 1.52. The lowest BCUT2D eigenvalue weighted by Crippen LogP contribution is -2.25. The maximum atomic E-state index is 12.3. The van der Waals surface area contributed by atoms with Crippen LogP contribution >= 0.6 is 0 Å². The Morgan fingerprint density at radius 3 is 2.63 bits per heavy atom. The molecule has 5 heteroatoms. The van der Waals surface area contributed by atoms with E-state index in [-0.39, 0.29) is 5.60 Å². The average Bonchev–Trinajstić information content (AvgIpc) is 2.38. The van der Waals surface area contributed by atoms with Crippen LogP contribution in [0.25, 0.3) is 0 Å². The lowest BCUT2D eigenvalue weighted by atomic mass is 10.1. The van der Waals surface area contributed by atoms with Crippen LogP contribution in [0.4, 0.5) is 5.69 Å². The molecule has 0 bridgehead atoms. The van der Waals surface area contributed by atoms with Crippen molar-refractivity contribution in [1.82, 2.24) is 0 Å². The monoisotopic (exact) mass is 285 g/mol. The zero-order chi connectivity index (χ0) is 14.5. The topological polar surface area (TPSA) is 61.5 Å². The first-order valence-electron chi connectivity index (χ1n) is 6.35. The highest BCUT2D eigenvalue weighted by Gasteiger charge is 2.19. The summed E-state index contributed by atoms with van der Waals surface area (Å²) in [5.41, 5.74) is 6.14. The fraction of sp³-hybridized carbons (Fsp3) is 0.571. The second kappa shape index (κ2) is 6.91. The van der Waals surface area contributed by atoms with Gasteiger partial charge in [-0.1, -0.05) is 0 Å². The van der Waals surface area contributed by atoms with Gasteiger partial charge in [0.1, 0.15) is 5.75 Å². The first-order chi connectivity index (χ1) is 8.89. The Hall–Kier alpha value is -1.07. The van der Waals surface area contributed by atoms with Crippen LogP contribution in [0, 0.1) is 0 Å². The van der Waals surface area contributed by atoms with Crippen LogP contribution < -0.4 is 10.5 Å². The van der Waals surface area contributed by atoms with Gasteiger partial charge in [-0.2, -0.15) is 0 Å². The first-order valence-corrected chi connectivity index (χ1v) is 7.67. The standard InChI is InChI=1S/C14H23NO3S/c1-5-18-11-6-7-12(15)13(10-11)19(16)9-8-14(2,3)17-4/h6-7,10H,5,8-9,15H2,1-4H3. The van der Waals surface area contributed by atoms with Crippen molar-refractivity contribution >= 4 is 16.5 Å². The molecule has 0 fully saturated rings. The minimum absolute atomic E-state index is 0.276. The van der Waals surface area contributed by atoms with Crippen LogP contribution in [0.2, 0.25) is 0 Å². The van der Waals surface area contributed by atoms with E-state index in [9.17, 15) is 4.21 Å². The highest BCUT2D eigenvalue weighted by molar-refractivity contribution is 7.85. The molecule has 1 aromatic carbocycles. The highest BCUT2D eigenvalue weighted by Crippen LogP contribution is 2.24. The molecule has 0 aromatic heterocycles. The minimum atomic E-state index is -1.14. The third-order valence-corrected chi connectivity index (χ3v) is 4.40. The van der Waals surface area contributed by atoms with E-state index in [0.717, 1.165) is 0 Å². The van der Waals surface area contributed by atoms with E-state index in [1.807, 2.05) is 20.8 Å². The molecule has 108 valence electrons. The van der Waals surface area contributed by atoms with E-state index in [2.05, 4.69) is 0 Å². The molecule has 1 atom stereocenters. The molecule has 2 N–H and O–H groups in total. The number of hydrogen-bond acceptors (Lipinski definition) is 4. The van der Waals surface area contributed by atoms with Crippen LogP contribution in [-0.2, 0) is 15.5 Å². The summed E-state index contributed by atoms with van der Waals surface area (Å²) in [7, 11) is 0.518. The Morgan fingerprint density at radius 2 is 2.05 bits per heavy atom. The number of anilines is 1. The highest BCUT2D eigenvalue weighted by atomic mass is 32.2. The summed E-state index contributed by atoms with van der Waals surface area (Å²) in [4.78, 5) is 0.637. The molecule has 0 amide bonds. The van der Waals surface area contributed by atoms with Crippen molar-refractivity contribution in [3.05, 3.63) is 18.2 Å². The predicted molar refractivity (Wildman–Crippen MR) is 79.0 cm³/mol. The molecule has 19 heavy (non-hydrogen) atoms. The van der Waals surface area contributed by atoms with Crippen molar-refractivity contribution in [3.63, 3.8) is 0 Å². The number of nitrogens with two attached hydrogens (primary N) is 1. The number of ether oxygens (including phenoxy) is 2. The molecule has 0 saturated carbocycles. The van der Waals surface area contributed by atoms with Gasteiger partial charge in [0, 0.05) is 18.6 Å². The zero-order valence-electron chi connectivity index (χ0n) is 12.1. The minimum Gasteiger partial charge on any atom is -0.494 e. The molecular formula is C14H23NO3S. The summed E-state index contributed by atoms with van der Waals surface area (Å²) in [5, 5.41) is 0. The maximum absolute atomic E-state index is 12.3. The van der Waals surface area contributed by atoms with Crippen LogP contribution in [-0.4, -0.2) is 29.3 Å². The third-order valence-electron chi connectivity index (χ3n) is 2.98. The lowest BCUT2D eigenvalue weighted by Gasteiger charge is -2.22. The Balaban J connectivity index is 2.78. The fourth-order valence-corrected chi connectivity index (χ4v) is 2.99. The van der Waals surface area contributed by atoms with E-state index in [1.54, 1.807) is 25.3 Å².